The highest BCUT2D eigenvalue weighted by Crippen LogP contribution is 2.38. The fourth-order valence-electron chi connectivity index (χ4n) is 4.28. The maximum Gasteiger partial charge on any atom is 0.268 e. The maximum atomic E-state index is 12.0. The molecule has 0 N–H and O–H groups in total. The van der Waals surface area contributed by atoms with Gasteiger partial charge in [0.15, 0.2) is 0 Å². The fourth-order valence-corrected chi connectivity index (χ4v) is 5.00. The molecule has 0 aromatic carbocycles. The quantitative estimate of drug-likeness (QED) is 0.0553. The molecule has 0 bridgehead atoms. The summed E-state index contributed by atoms with van der Waals surface area (Å²) < 4.78 is 33.8. The van der Waals surface area contributed by atoms with Gasteiger partial charge in [-0.2, -0.15) is 0 Å². The van der Waals surface area contributed by atoms with Crippen LogP contribution in [0.25, 0.3) is 0 Å². The van der Waals surface area contributed by atoms with E-state index in [1.54, 1.807) is 0 Å². The van der Waals surface area contributed by atoms with Gasteiger partial charge in [-0.1, -0.05) is 103 Å². The molecule has 0 spiro atoms. The number of rotatable bonds is 29. The zero-order valence-electron chi connectivity index (χ0n) is 25.2. The maximum absolute atomic E-state index is 12.0. The Balaban J connectivity index is 3.58. The Labute approximate surface area is 230 Å². The highest BCUT2D eigenvalue weighted by molar-refractivity contribution is 7.45. The molecular weight excluding hydrogens is 489 g/mol. The highest BCUT2D eigenvalue weighted by Gasteiger charge is 2.19. The molecule has 0 rings (SSSR count). The van der Waals surface area contributed by atoms with E-state index < -0.39 is 13.9 Å². The number of phosphoric ester groups is 1. The average molecular weight is 552 g/mol. The standard InChI is InChI=1S/C29H62NO6P/c1-6-9-10-11-12-13-14-15-16-17-18-19-20-21-22-23-25-34-27-29(33-5)28-36-37(31,32)35-26-24-30(4,7-2)8-3/h29H,6-28H2,1-5H3/t29-/m1/s1. The summed E-state index contributed by atoms with van der Waals surface area (Å²) in [5, 5.41) is 0. The second kappa shape index (κ2) is 25.0. The van der Waals surface area contributed by atoms with Gasteiger partial charge < -0.3 is 27.9 Å². The first-order valence-corrected chi connectivity index (χ1v) is 16.8. The van der Waals surface area contributed by atoms with Gasteiger partial charge in [0.05, 0.1) is 33.4 Å². The van der Waals surface area contributed by atoms with Gasteiger partial charge in [0.2, 0.25) is 0 Å². The van der Waals surface area contributed by atoms with E-state index >= 15 is 0 Å². The van der Waals surface area contributed by atoms with Gasteiger partial charge in [-0.25, -0.2) is 0 Å². The number of hydrogen-bond donors (Lipinski definition) is 0. The largest absolute Gasteiger partial charge is 0.756 e. The third-order valence-electron chi connectivity index (χ3n) is 7.61. The van der Waals surface area contributed by atoms with Crippen molar-refractivity contribution < 1.29 is 32.5 Å². The third-order valence-corrected chi connectivity index (χ3v) is 8.57. The fraction of sp³-hybridized carbons (Fsp3) is 1.00. The van der Waals surface area contributed by atoms with Crippen LogP contribution in [-0.2, 0) is 23.1 Å². The Bertz CT molecular complexity index is 533. The zero-order chi connectivity index (χ0) is 27.7. The number of phosphoric acid groups is 1. The molecule has 0 aromatic heterocycles. The van der Waals surface area contributed by atoms with Gasteiger partial charge in [0.25, 0.3) is 7.82 Å². The molecular formula is C29H62NO6P. The molecule has 0 saturated carbocycles. The summed E-state index contributed by atoms with van der Waals surface area (Å²) >= 11 is 0. The van der Waals surface area contributed by atoms with Crippen molar-refractivity contribution in [3.63, 3.8) is 0 Å². The lowest BCUT2D eigenvalue weighted by atomic mass is 10.0. The molecule has 0 fully saturated rings. The highest BCUT2D eigenvalue weighted by atomic mass is 31.2. The Kier molecular flexibility index (Phi) is 25.0. The predicted octanol–water partition coefficient (Wildman–Crippen LogP) is 7.27. The Morgan fingerprint density at radius 2 is 1.14 bits per heavy atom. The number of nitrogens with zero attached hydrogens (tertiary/aromatic N) is 1. The van der Waals surface area contributed by atoms with E-state index in [-0.39, 0.29) is 13.2 Å². The number of methoxy groups -OCH3 is 1. The van der Waals surface area contributed by atoms with Crippen LogP contribution in [0.15, 0.2) is 0 Å². The van der Waals surface area contributed by atoms with Crippen molar-refractivity contribution in [1.82, 2.24) is 0 Å². The molecule has 0 aliphatic carbocycles. The molecule has 2 atom stereocenters. The SMILES string of the molecule is CCCCCCCCCCCCCCCCCCOC[C@H](COP(=O)([O-])OCC[N+](C)(CC)CC)OC. The van der Waals surface area contributed by atoms with Crippen molar-refractivity contribution in [3.05, 3.63) is 0 Å². The van der Waals surface area contributed by atoms with Crippen molar-refractivity contribution in [2.24, 2.45) is 0 Å². The minimum Gasteiger partial charge on any atom is -0.756 e. The molecule has 8 heteroatoms. The molecule has 1 unspecified atom stereocenters. The van der Waals surface area contributed by atoms with Crippen molar-refractivity contribution in [1.29, 1.82) is 0 Å². The van der Waals surface area contributed by atoms with Crippen LogP contribution in [0.3, 0.4) is 0 Å². The van der Waals surface area contributed by atoms with Crippen LogP contribution in [-0.4, -0.2) is 70.8 Å². The molecule has 0 saturated heterocycles. The van der Waals surface area contributed by atoms with Crippen LogP contribution in [0.2, 0.25) is 0 Å². The van der Waals surface area contributed by atoms with E-state index in [0.717, 1.165) is 24.0 Å². The zero-order valence-corrected chi connectivity index (χ0v) is 26.1. The van der Waals surface area contributed by atoms with Crippen molar-refractivity contribution >= 4 is 7.82 Å². The molecule has 0 amide bonds. The van der Waals surface area contributed by atoms with Crippen molar-refractivity contribution in [2.75, 3.05) is 60.2 Å². The van der Waals surface area contributed by atoms with E-state index in [9.17, 15) is 9.46 Å². The Morgan fingerprint density at radius 1 is 0.676 bits per heavy atom. The first kappa shape index (κ1) is 37.0. The van der Waals surface area contributed by atoms with E-state index in [1.807, 2.05) is 0 Å². The lowest BCUT2D eigenvalue weighted by molar-refractivity contribution is -0.906. The molecule has 0 aliphatic rings. The van der Waals surface area contributed by atoms with Crippen LogP contribution in [0.5, 0.6) is 0 Å². The minimum absolute atomic E-state index is 0.0933. The number of unbranched alkanes of at least 4 members (excludes halogenated alkanes) is 15. The van der Waals surface area contributed by atoms with Crippen LogP contribution < -0.4 is 4.89 Å². The van der Waals surface area contributed by atoms with Crippen LogP contribution in [0.4, 0.5) is 0 Å². The van der Waals surface area contributed by atoms with Gasteiger partial charge in [-0.15, -0.1) is 0 Å². The van der Waals surface area contributed by atoms with Gasteiger partial charge in [-0.05, 0) is 20.3 Å². The van der Waals surface area contributed by atoms with E-state index in [4.69, 9.17) is 18.5 Å². The first-order valence-electron chi connectivity index (χ1n) is 15.4. The summed E-state index contributed by atoms with van der Waals surface area (Å²) in [6, 6.07) is 0. The second-order valence-corrected chi connectivity index (χ2v) is 12.2. The second-order valence-electron chi connectivity index (χ2n) is 10.8. The summed E-state index contributed by atoms with van der Waals surface area (Å²) in [7, 11) is -0.724. The van der Waals surface area contributed by atoms with Crippen molar-refractivity contribution in [2.45, 2.75) is 130 Å². The van der Waals surface area contributed by atoms with E-state index in [0.29, 0.717) is 19.8 Å². The Morgan fingerprint density at radius 3 is 1.57 bits per heavy atom. The molecule has 0 radical (unpaired) electrons. The number of quaternary nitrogens is 1. The summed E-state index contributed by atoms with van der Waals surface area (Å²) in [6.45, 7) is 9.91. The van der Waals surface area contributed by atoms with Crippen LogP contribution >= 0.6 is 7.82 Å². The lowest BCUT2D eigenvalue weighted by Crippen LogP contribution is -2.45. The third kappa shape index (κ3) is 23.6. The molecule has 0 heterocycles. The van der Waals surface area contributed by atoms with E-state index in [2.05, 4.69) is 27.8 Å². The first-order chi connectivity index (χ1) is 17.8. The summed E-state index contributed by atoms with van der Waals surface area (Å²) in [4.78, 5) is 12.0. The monoisotopic (exact) mass is 551 g/mol. The molecule has 224 valence electrons. The average Bonchev–Trinajstić information content (AvgIpc) is 2.89. The number of hydrogen-bond acceptors (Lipinski definition) is 6. The van der Waals surface area contributed by atoms with Gasteiger partial charge >= 0.3 is 0 Å². The van der Waals surface area contributed by atoms with E-state index in [1.165, 1.54) is 103 Å². The lowest BCUT2D eigenvalue weighted by Gasteiger charge is -2.33. The molecule has 37 heavy (non-hydrogen) atoms. The summed E-state index contributed by atoms with van der Waals surface area (Å²) in [5.74, 6) is 0. The molecule has 0 aromatic rings. The summed E-state index contributed by atoms with van der Waals surface area (Å²) in [6.07, 6.45) is 21.1. The van der Waals surface area contributed by atoms with Crippen molar-refractivity contribution in [3.8, 4) is 0 Å². The molecule has 0 aliphatic heterocycles. The van der Waals surface area contributed by atoms with Gasteiger partial charge in [0.1, 0.15) is 19.3 Å². The minimum atomic E-state index is -4.34. The van der Waals surface area contributed by atoms with Crippen LogP contribution in [0.1, 0.15) is 124 Å². The topological polar surface area (TPSA) is 77.1 Å². The van der Waals surface area contributed by atoms with Crippen LogP contribution in [0, 0.1) is 0 Å². The van der Waals surface area contributed by atoms with Gasteiger partial charge in [-0.3, -0.25) is 4.57 Å². The summed E-state index contributed by atoms with van der Waals surface area (Å²) in [5.41, 5.74) is 0. The van der Waals surface area contributed by atoms with Gasteiger partial charge in [0, 0.05) is 13.7 Å². The smallest absolute Gasteiger partial charge is 0.268 e. The normalized spacial score (nSPS) is 14.6. The predicted molar refractivity (Wildman–Crippen MR) is 153 cm³/mol. The Hall–Kier alpha value is -0.0100. The number of ether oxygens (including phenoxy) is 2. The number of likely N-dealkylation sites (N-methyl/N-ethyl adjacent to an activating group) is 1. The molecule has 7 nitrogen and oxygen atoms in total.